The van der Waals surface area contributed by atoms with Crippen molar-refractivity contribution in [1.82, 2.24) is 0 Å². The predicted octanol–water partition coefficient (Wildman–Crippen LogP) is 4.17. The van der Waals surface area contributed by atoms with Crippen molar-refractivity contribution < 1.29 is 19.0 Å². The molecule has 108 valence electrons. The minimum atomic E-state index is 0.260. The van der Waals surface area contributed by atoms with Crippen LogP contribution in [0.4, 0.5) is 0 Å². The zero-order chi connectivity index (χ0) is 14.8. The maximum absolute atomic E-state index is 10.8. The third-order valence-electron chi connectivity index (χ3n) is 2.98. The van der Waals surface area contributed by atoms with Gasteiger partial charge in [0.1, 0.15) is 18.6 Å². The number of carbonyl (C=O) groups excluding carboxylic acids is 1. The van der Waals surface area contributed by atoms with E-state index in [1.165, 1.54) is 0 Å². The molecule has 2 aromatic rings. The van der Waals surface area contributed by atoms with Gasteiger partial charge in [0.15, 0.2) is 11.5 Å². The number of aldehydes is 1. The van der Waals surface area contributed by atoms with Gasteiger partial charge in [-0.3, -0.25) is 4.79 Å². The molecular formula is C15H10BrIO4. The van der Waals surface area contributed by atoms with Crippen LogP contribution in [0.1, 0.15) is 15.9 Å². The molecule has 1 heterocycles. The molecule has 6 heteroatoms. The summed E-state index contributed by atoms with van der Waals surface area (Å²) < 4.78 is 18.1. The Morgan fingerprint density at radius 1 is 1.24 bits per heavy atom. The van der Waals surface area contributed by atoms with Gasteiger partial charge in [0.25, 0.3) is 0 Å². The maximum Gasteiger partial charge on any atom is 0.231 e. The summed E-state index contributed by atoms with van der Waals surface area (Å²) in [4.78, 5) is 10.8. The van der Waals surface area contributed by atoms with Crippen LogP contribution in [0.25, 0.3) is 0 Å². The minimum absolute atomic E-state index is 0.260. The Morgan fingerprint density at radius 2 is 2.05 bits per heavy atom. The Balaban J connectivity index is 1.77. The SMILES string of the molecule is O=Cc1cc(Br)c(OCc2ccc3c(c2)OCO3)c(I)c1. The average molecular weight is 461 g/mol. The van der Waals surface area contributed by atoms with Crippen molar-refractivity contribution in [3.63, 3.8) is 0 Å². The first-order valence-electron chi connectivity index (χ1n) is 6.13. The Kier molecular flexibility index (Phi) is 4.34. The summed E-state index contributed by atoms with van der Waals surface area (Å²) in [5.41, 5.74) is 1.60. The minimum Gasteiger partial charge on any atom is -0.487 e. The first-order chi connectivity index (χ1) is 10.2. The molecule has 0 unspecified atom stereocenters. The van der Waals surface area contributed by atoms with Crippen LogP contribution in [0.5, 0.6) is 17.2 Å². The van der Waals surface area contributed by atoms with Gasteiger partial charge in [0, 0.05) is 5.56 Å². The molecule has 21 heavy (non-hydrogen) atoms. The third-order valence-corrected chi connectivity index (χ3v) is 4.37. The third kappa shape index (κ3) is 3.16. The lowest BCUT2D eigenvalue weighted by molar-refractivity contribution is 0.112. The summed E-state index contributed by atoms with van der Waals surface area (Å²) in [5.74, 6) is 2.21. The first-order valence-corrected chi connectivity index (χ1v) is 8.00. The molecule has 0 aliphatic carbocycles. The number of halogens is 2. The highest BCUT2D eigenvalue weighted by molar-refractivity contribution is 14.1. The number of carbonyl (C=O) groups is 1. The molecule has 0 fully saturated rings. The number of hydrogen-bond acceptors (Lipinski definition) is 4. The van der Waals surface area contributed by atoms with E-state index in [1.807, 2.05) is 18.2 Å². The fourth-order valence-electron chi connectivity index (χ4n) is 1.97. The van der Waals surface area contributed by atoms with Crippen LogP contribution in [-0.4, -0.2) is 13.1 Å². The van der Waals surface area contributed by atoms with E-state index in [4.69, 9.17) is 14.2 Å². The van der Waals surface area contributed by atoms with E-state index in [9.17, 15) is 4.79 Å². The Hall–Kier alpha value is -1.28. The van der Waals surface area contributed by atoms with E-state index in [0.29, 0.717) is 12.2 Å². The summed E-state index contributed by atoms with van der Waals surface area (Å²) in [6, 6.07) is 9.24. The van der Waals surface area contributed by atoms with Gasteiger partial charge in [0.2, 0.25) is 6.79 Å². The van der Waals surface area contributed by atoms with Gasteiger partial charge in [-0.2, -0.15) is 0 Å². The Bertz CT molecular complexity index is 679. The number of ether oxygens (including phenoxy) is 3. The zero-order valence-corrected chi connectivity index (χ0v) is 14.5. The summed E-state index contributed by atoms with van der Waals surface area (Å²) in [7, 11) is 0. The fourth-order valence-corrected chi connectivity index (χ4v) is 3.74. The second kappa shape index (κ2) is 6.23. The summed E-state index contributed by atoms with van der Waals surface area (Å²) in [6.07, 6.45) is 0.814. The molecule has 0 spiro atoms. The van der Waals surface area contributed by atoms with Crippen LogP contribution in [-0.2, 0) is 6.61 Å². The molecule has 2 aromatic carbocycles. The molecule has 1 aliphatic heterocycles. The van der Waals surface area contributed by atoms with Gasteiger partial charge in [-0.1, -0.05) is 6.07 Å². The maximum atomic E-state index is 10.8. The van der Waals surface area contributed by atoms with Gasteiger partial charge >= 0.3 is 0 Å². The number of benzene rings is 2. The Morgan fingerprint density at radius 3 is 2.81 bits per heavy atom. The molecule has 3 rings (SSSR count). The Labute approximate surface area is 143 Å². The highest BCUT2D eigenvalue weighted by Crippen LogP contribution is 2.35. The van der Waals surface area contributed by atoms with E-state index in [0.717, 1.165) is 37.1 Å². The predicted molar refractivity (Wildman–Crippen MR) is 89.1 cm³/mol. The molecule has 0 N–H and O–H groups in total. The van der Waals surface area contributed by atoms with Gasteiger partial charge < -0.3 is 14.2 Å². The highest BCUT2D eigenvalue weighted by Gasteiger charge is 2.14. The van der Waals surface area contributed by atoms with E-state index in [2.05, 4.69) is 38.5 Å². The van der Waals surface area contributed by atoms with E-state index in [-0.39, 0.29) is 6.79 Å². The lowest BCUT2D eigenvalue weighted by atomic mass is 10.2. The second-order valence-corrected chi connectivity index (χ2v) is 6.42. The zero-order valence-electron chi connectivity index (χ0n) is 10.8. The van der Waals surface area contributed by atoms with Crippen LogP contribution in [0, 0.1) is 3.57 Å². The average Bonchev–Trinajstić information content (AvgIpc) is 2.93. The highest BCUT2D eigenvalue weighted by atomic mass is 127. The van der Waals surface area contributed by atoms with E-state index < -0.39 is 0 Å². The lowest BCUT2D eigenvalue weighted by Gasteiger charge is -2.11. The molecule has 0 aromatic heterocycles. The topological polar surface area (TPSA) is 44.8 Å². The second-order valence-electron chi connectivity index (χ2n) is 4.41. The number of rotatable bonds is 4. The van der Waals surface area contributed by atoms with Crippen molar-refractivity contribution in [1.29, 1.82) is 0 Å². The van der Waals surface area contributed by atoms with Crippen LogP contribution in [0.2, 0.25) is 0 Å². The molecule has 0 radical (unpaired) electrons. The first kappa shape index (κ1) is 14.6. The van der Waals surface area contributed by atoms with Crippen LogP contribution >= 0.6 is 38.5 Å². The van der Waals surface area contributed by atoms with E-state index >= 15 is 0 Å². The summed E-state index contributed by atoms with van der Waals surface area (Å²) in [5, 5.41) is 0. The van der Waals surface area contributed by atoms with Crippen molar-refractivity contribution >= 4 is 44.8 Å². The normalized spacial score (nSPS) is 12.3. The molecule has 1 aliphatic rings. The molecule has 0 atom stereocenters. The smallest absolute Gasteiger partial charge is 0.231 e. The van der Waals surface area contributed by atoms with Gasteiger partial charge in [-0.05, 0) is 68.3 Å². The van der Waals surface area contributed by atoms with Crippen molar-refractivity contribution in [2.45, 2.75) is 6.61 Å². The van der Waals surface area contributed by atoms with Crippen LogP contribution < -0.4 is 14.2 Å². The lowest BCUT2D eigenvalue weighted by Crippen LogP contribution is -1.99. The van der Waals surface area contributed by atoms with Crippen LogP contribution in [0.3, 0.4) is 0 Å². The summed E-state index contributed by atoms with van der Waals surface area (Å²) in [6.45, 7) is 0.669. The molecule has 0 saturated heterocycles. The number of fused-ring (bicyclic) bond motifs is 1. The molecular weight excluding hydrogens is 451 g/mol. The molecule has 0 amide bonds. The van der Waals surface area contributed by atoms with Crippen LogP contribution in [0.15, 0.2) is 34.8 Å². The van der Waals surface area contributed by atoms with Gasteiger partial charge in [-0.15, -0.1) is 0 Å². The quantitative estimate of drug-likeness (QED) is 0.507. The monoisotopic (exact) mass is 460 g/mol. The van der Waals surface area contributed by atoms with Crippen molar-refractivity contribution in [3.05, 3.63) is 49.5 Å². The molecule has 4 nitrogen and oxygen atoms in total. The largest absolute Gasteiger partial charge is 0.487 e. The van der Waals surface area contributed by atoms with Crippen molar-refractivity contribution in [2.75, 3.05) is 6.79 Å². The van der Waals surface area contributed by atoms with E-state index in [1.54, 1.807) is 12.1 Å². The fraction of sp³-hybridized carbons (Fsp3) is 0.133. The van der Waals surface area contributed by atoms with Gasteiger partial charge in [0.05, 0.1) is 8.04 Å². The molecule has 0 saturated carbocycles. The number of hydrogen-bond donors (Lipinski definition) is 0. The summed E-state index contributed by atoms with van der Waals surface area (Å²) >= 11 is 5.58. The standard InChI is InChI=1S/C15H10BrIO4/c16-11-3-10(6-18)4-12(17)15(11)19-7-9-1-2-13-14(5-9)21-8-20-13/h1-6H,7-8H2. The van der Waals surface area contributed by atoms with Crippen molar-refractivity contribution in [3.8, 4) is 17.2 Å². The van der Waals surface area contributed by atoms with Crippen molar-refractivity contribution in [2.24, 2.45) is 0 Å². The van der Waals surface area contributed by atoms with Gasteiger partial charge in [-0.25, -0.2) is 0 Å². The molecule has 0 bridgehead atoms.